The van der Waals surface area contributed by atoms with E-state index in [2.05, 4.69) is 10.1 Å². The molecular formula is C24H28N4O5S. The molecule has 10 heteroatoms. The maximum Gasteiger partial charge on any atom is 0.246 e. The summed E-state index contributed by atoms with van der Waals surface area (Å²) in [6.07, 6.45) is 1.25. The molecule has 3 aromatic rings. The number of nitrogens with zero attached hydrogens (tertiary/aromatic N) is 4. The van der Waals surface area contributed by atoms with Crippen molar-refractivity contribution in [3.63, 3.8) is 0 Å². The molecule has 0 saturated carbocycles. The molecule has 9 nitrogen and oxygen atoms in total. The van der Waals surface area contributed by atoms with E-state index in [0.29, 0.717) is 31.1 Å². The average molecular weight is 485 g/mol. The number of hydrogen-bond acceptors (Lipinski definition) is 7. The number of amides is 1. The standard InChI is InChI=1S/C24H28N4O5S/c1-17-6-12-21(13-7-17)34(30,31)28-14-4-5-19(15-28)24(29)27(2)16-22-25-23(26-33-22)18-8-10-20(32-3)11-9-18/h6-13,19H,4-5,14-16H2,1-3H3/t19-/m0/s1. The lowest BCUT2D eigenvalue weighted by atomic mass is 9.98. The van der Waals surface area contributed by atoms with Gasteiger partial charge in [-0.2, -0.15) is 9.29 Å². The van der Waals surface area contributed by atoms with Crippen molar-refractivity contribution in [2.75, 3.05) is 27.2 Å². The van der Waals surface area contributed by atoms with E-state index in [4.69, 9.17) is 9.26 Å². The van der Waals surface area contributed by atoms with Gasteiger partial charge >= 0.3 is 0 Å². The third kappa shape index (κ3) is 5.13. The summed E-state index contributed by atoms with van der Waals surface area (Å²) < 4.78 is 38.0. The topological polar surface area (TPSA) is 106 Å². The molecule has 2 heterocycles. The Kier molecular flexibility index (Phi) is 6.99. The van der Waals surface area contributed by atoms with Crippen LogP contribution >= 0.6 is 0 Å². The number of rotatable bonds is 7. The maximum atomic E-state index is 13.1. The van der Waals surface area contributed by atoms with Crippen LogP contribution in [-0.2, 0) is 21.4 Å². The van der Waals surface area contributed by atoms with E-state index in [1.54, 1.807) is 50.6 Å². The van der Waals surface area contributed by atoms with Crippen molar-refractivity contribution in [3.8, 4) is 17.1 Å². The fraction of sp³-hybridized carbons (Fsp3) is 0.375. The first-order valence-corrected chi connectivity index (χ1v) is 12.5. The first-order valence-electron chi connectivity index (χ1n) is 11.1. The van der Waals surface area contributed by atoms with Crippen molar-refractivity contribution in [1.29, 1.82) is 0 Å². The van der Waals surface area contributed by atoms with Crippen molar-refractivity contribution in [1.82, 2.24) is 19.3 Å². The molecule has 0 radical (unpaired) electrons. The molecule has 0 unspecified atom stereocenters. The second-order valence-corrected chi connectivity index (χ2v) is 10.4. The van der Waals surface area contributed by atoms with Crippen LogP contribution in [-0.4, -0.2) is 60.9 Å². The maximum absolute atomic E-state index is 13.1. The minimum Gasteiger partial charge on any atom is -0.497 e. The van der Waals surface area contributed by atoms with Gasteiger partial charge in [0.2, 0.25) is 27.6 Å². The zero-order valence-corrected chi connectivity index (χ0v) is 20.3. The van der Waals surface area contributed by atoms with E-state index in [1.165, 1.54) is 9.21 Å². The third-order valence-electron chi connectivity index (χ3n) is 5.96. The number of carbonyl (C=O) groups is 1. The van der Waals surface area contributed by atoms with E-state index >= 15 is 0 Å². The molecule has 1 atom stereocenters. The summed E-state index contributed by atoms with van der Waals surface area (Å²) in [5.41, 5.74) is 1.76. The first kappa shape index (κ1) is 23.9. The average Bonchev–Trinajstić information content (AvgIpc) is 3.32. The molecule has 34 heavy (non-hydrogen) atoms. The number of carbonyl (C=O) groups excluding carboxylic acids is 1. The number of hydrogen-bond donors (Lipinski definition) is 0. The fourth-order valence-electron chi connectivity index (χ4n) is 3.99. The predicted octanol–water partition coefficient (Wildman–Crippen LogP) is 3.11. The van der Waals surface area contributed by atoms with Gasteiger partial charge in [0.15, 0.2) is 0 Å². The Morgan fingerprint density at radius 2 is 1.88 bits per heavy atom. The number of ether oxygens (including phenoxy) is 1. The molecule has 1 aromatic heterocycles. The van der Waals surface area contributed by atoms with Crippen LogP contribution in [0.3, 0.4) is 0 Å². The molecule has 1 fully saturated rings. The van der Waals surface area contributed by atoms with Gasteiger partial charge in [-0.1, -0.05) is 22.9 Å². The van der Waals surface area contributed by atoms with Gasteiger partial charge in [0.1, 0.15) is 5.75 Å². The Balaban J connectivity index is 1.40. The lowest BCUT2D eigenvalue weighted by molar-refractivity contribution is -0.136. The van der Waals surface area contributed by atoms with Gasteiger partial charge in [-0.05, 0) is 56.2 Å². The molecule has 4 rings (SSSR count). The van der Waals surface area contributed by atoms with E-state index in [1.807, 2.05) is 19.1 Å². The summed E-state index contributed by atoms with van der Waals surface area (Å²) in [7, 11) is -0.395. The number of sulfonamides is 1. The van der Waals surface area contributed by atoms with Gasteiger partial charge in [-0.15, -0.1) is 0 Å². The highest BCUT2D eigenvalue weighted by Crippen LogP contribution is 2.26. The summed E-state index contributed by atoms with van der Waals surface area (Å²) in [5.74, 6) is 0.882. The lowest BCUT2D eigenvalue weighted by Gasteiger charge is -2.33. The van der Waals surface area contributed by atoms with Crippen molar-refractivity contribution in [3.05, 3.63) is 60.0 Å². The van der Waals surface area contributed by atoms with E-state index in [0.717, 1.165) is 16.9 Å². The number of benzene rings is 2. The van der Waals surface area contributed by atoms with Gasteiger partial charge in [0, 0.05) is 25.7 Å². The SMILES string of the molecule is COc1ccc(-c2noc(CN(C)C(=O)[C@H]3CCCN(S(=O)(=O)c4ccc(C)cc4)C3)n2)cc1. The minimum absolute atomic E-state index is 0.142. The summed E-state index contributed by atoms with van der Waals surface area (Å²) >= 11 is 0. The summed E-state index contributed by atoms with van der Waals surface area (Å²) in [4.78, 5) is 19.2. The smallest absolute Gasteiger partial charge is 0.246 e. The van der Waals surface area contributed by atoms with Gasteiger partial charge in [0.05, 0.1) is 24.5 Å². The Morgan fingerprint density at radius 3 is 2.56 bits per heavy atom. The zero-order chi connectivity index (χ0) is 24.3. The minimum atomic E-state index is -3.65. The highest BCUT2D eigenvalue weighted by molar-refractivity contribution is 7.89. The number of aromatic nitrogens is 2. The van der Waals surface area contributed by atoms with Gasteiger partial charge in [-0.25, -0.2) is 8.42 Å². The summed E-state index contributed by atoms with van der Waals surface area (Å²) in [6, 6.07) is 14.0. The van der Waals surface area contributed by atoms with Crippen molar-refractivity contribution in [2.24, 2.45) is 5.92 Å². The van der Waals surface area contributed by atoms with E-state index in [-0.39, 0.29) is 23.9 Å². The number of methoxy groups -OCH3 is 1. The van der Waals surface area contributed by atoms with E-state index < -0.39 is 15.9 Å². The molecule has 2 aromatic carbocycles. The Morgan fingerprint density at radius 1 is 1.18 bits per heavy atom. The fourth-order valence-corrected chi connectivity index (χ4v) is 5.51. The molecule has 0 bridgehead atoms. The van der Waals surface area contributed by atoms with Crippen LogP contribution in [0.2, 0.25) is 0 Å². The summed E-state index contributed by atoms with van der Waals surface area (Å²) in [5, 5.41) is 4.00. The molecule has 1 aliphatic rings. The molecule has 180 valence electrons. The Bertz CT molecular complexity index is 1240. The highest BCUT2D eigenvalue weighted by atomic mass is 32.2. The van der Waals surface area contributed by atoms with Crippen LogP contribution in [0, 0.1) is 12.8 Å². The first-order chi connectivity index (χ1) is 16.3. The largest absolute Gasteiger partial charge is 0.497 e. The van der Waals surface area contributed by atoms with Crippen LogP contribution in [0.5, 0.6) is 5.75 Å². The van der Waals surface area contributed by atoms with Crippen LogP contribution < -0.4 is 4.74 Å². The molecular weight excluding hydrogens is 456 g/mol. The van der Waals surface area contributed by atoms with Crippen molar-refractivity contribution < 1.29 is 22.5 Å². The monoisotopic (exact) mass is 484 g/mol. The predicted molar refractivity (Wildman–Crippen MR) is 125 cm³/mol. The van der Waals surface area contributed by atoms with Gasteiger partial charge < -0.3 is 14.2 Å². The van der Waals surface area contributed by atoms with Crippen LogP contribution in [0.1, 0.15) is 24.3 Å². The van der Waals surface area contributed by atoms with Gasteiger partial charge in [0.25, 0.3) is 0 Å². The normalized spacial score (nSPS) is 16.9. The zero-order valence-electron chi connectivity index (χ0n) is 19.5. The van der Waals surface area contributed by atoms with Crippen molar-refractivity contribution >= 4 is 15.9 Å². The lowest BCUT2D eigenvalue weighted by Crippen LogP contribution is -2.45. The highest BCUT2D eigenvalue weighted by Gasteiger charge is 2.34. The molecule has 0 spiro atoms. The van der Waals surface area contributed by atoms with Gasteiger partial charge in [-0.3, -0.25) is 4.79 Å². The van der Waals surface area contributed by atoms with Crippen LogP contribution in [0.4, 0.5) is 0 Å². The number of aryl methyl sites for hydroxylation is 1. The Hall–Kier alpha value is -3.24. The molecule has 1 aliphatic heterocycles. The second-order valence-electron chi connectivity index (χ2n) is 8.45. The second kappa shape index (κ2) is 9.94. The Labute approximate surface area is 199 Å². The molecule has 0 N–H and O–H groups in total. The van der Waals surface area contributed by atoms with Crippen molar-refractivity contribution in [2.45, 2.75) is 31.2 Å². The number of piperidine rings is 1. The quantitative estimate of drug-likeness (QED) is 0.507. The molecule has 1 amide bonds. The van der Waals surface area contributed by atoms with E-state index in [9.17, 15) is 13.2 Å². The van der Waals surface area contributed by atoms with Crippen LogP contribution in [0.15, 0.2) is 57.9 Å². The van der Waals surface area contributed by atoms with Crippen LogP contribution in [0.25, 0.3) is 11.4 Å². The third-order valence-corrected chi connectivity index (χ3v) is 7.84. The molecule has 1 saturated heterocycles. The summed E-state index contributed by atoms with van der Waals surface area (Å²) in [6.45, 7) is 2.60. The molecule has 0 aliphatic carbocycles.